The molecule has 1 heterocycles. The quantitative estimate of drug-likeness (QED) is 0.710. The molecule has 0 aromatic carbocycles. The van der Waals surface area contributed by atoms with Crippen molar-refractivity contribution in [2.75, 3.05) is 26.7 Å². The number of rotatable bonds is 2. The lowest BCUT2D eigenvalue weighted by atomic mass is 10.0. The van der Waals surface area contributed by atoms with Crippen LogP contribution in [0.5, 0.6) is 0 Å². The van der Waals surface area contributed by atoms with Crippen LogP contribution in [0.2, 0.25) is 0 Å². The molecule has 5 heteroatoms. The number of nitrogens with zero attached hydrogens (tertiary/aromatic N) is 2. The predicted molar refractivity (Wildman–Crippen MR) is 60.1 cm³/mol. The van der Waals surface area contributed by atoms with Crippen LogP contribution in [0.3, 0.4) is 0 Å². The maximum Gasteiger partial charge on any atom is 0.409 e. The minimum Gasteiger partial charge on any atom is -0.450 e. The van der Waals surface area contributed by atoms with Gasteiger partial charge in [-0.15, -0.1) is 0 Å². The molecule has 0 spiro atoms. The summed E-state index contributed by atoms with van der Waals surface area (Å²) in [5.74, 6) is 0.0783. The van der Waals surface area contributed by atoms with Gasteiger partial charge < -0.3 is 14.5 Å². The van der Waals surface area contributed by atoms with Gasteiger partial charge in [-0.25, -0.2) is 4.79 Å². The molecule has 0 aromatic rings. The van der Waals surface area contributed by atoms with Gasteiger partial charge in [0, 0.05) is 33.1 Å². The van der Waals surface area contributed by atoms with Gasteiger partial charge in [0.15, 0.2) is 0 Å². The Labute approximate surface area is 96.3 Å². The van der Waals surface area contributed by atoms with Crippen LogP contribution < -0.4 is 0 Å². The van der Waals surface area contributed by atoms with E-state index in [9.17, 15) is 9.59 Å². The first-order chi connectivity index (χ1) is 7.56. The molecule has 1 aliphatic rings. The highest BCUT2D eigenvalue weighted by molar-refractivity contribution is 5.73. The van der Waals surface area contributed by atoms with Crippen molar-refractivity contribution in [3.63, 3.8) is 0 Å². The zero-order chi connectivity index (χ0) is 12.1. The first-order valence-electron chi connectivity index (χ1n) is 5.71. The van der Waals surface area contributed by atoms with Crippen molar-refractivity contribution in [1.29, 1.82) is 0 Å². The maximum atomic E-state index is 11.4. The van der Waals surface area contributed by atoms with Crippen molar-refractivity contribution >= 4 is 12.0 Å². The zero-order valence-electron chi connectivity index (χ0n) is 10.2. The summed E-state index contributed by atoms with van der Waals surface area (Å²) < 4.78 is 4.93. The van der Waals surface area contributed by atoms with Gasteiger partial charge >= 0.3 is 6.09 Å². The Bertz CT molecular complexity index is 260. The van der Waals surface area contributed by atoms with Gasteiger partial charge in [-0.2, -0.15) is 0 Å². The standard InChI is InChI=1S/C11H20N2O3/c1-4-16-11(15)13-7-5-10(6-8-13)12(3)9(2)14/h10H,4-8H2,1-3H3. The molecule has 1 aliphatic heterocycles. The molecule has 0 radical (unpaired) electrons. The Morgan fingerprint density at radius 2 is 1.94 bits per heavy atom. The number of ether oxygens (including phenoxy) is 1. The molecule has 0 aromatic heterocycles. The fourth-order valence-corrected chi connectivity index (χ4v) is 1.91. The fourth-order valence-electron chi connectivity index (χ4n) is 1.91. The molecule has 0 atom stereocenters. The average molecular weight is 228 g/mol. The summed E-state index contributed by atoms with van der Waals surface area (Å²) in [6.45, 7) is 5.11. The number of carbonyl (C=O) groups is 2. The van der Waals surface area contributed by atoms with Crippen molar-refractivity contribution in [1.82, 2.24) is 9.80 Å². The zero-order valence-corrected chi connectivity index (χ0v) is 10.2. The molecule has 16 heavy (non-hydrogen) atoms. The van der Waals surface area contributed by atoms with Gasteiger partial charge in [0.25, 0.3) is 0 Å². The number of piperidine rings is 1. The van der Waals surface area contributed by atoms with Crippen LogP contribution in [0, 0.1) is 0 Å². The Hall–Kier alpha value is -1.26. The molecule has 0 aliphatic carbocycles. The molecular formula is C11H20N2O3. The van der Waals surface area contributed by atoms with Gasteiger partial charge in [0.1, 0.15) is 0 Å². The van der Waals surface area contributed by atoms with Crippen LogP contribution in [0.15, 0.2) is 0 Å². The molecule has 0 unspecified atom stereocenters. The summed E-state index contributed by atoms with van der Waals surface area (Å²) >= 11 is 0. The maximum absolute atomic E-state index is 11.4. The molecule has 2 amide bonds. The van der Waals surface area contributed by atoms with Crippen LogP contribution >= 0.6 is 0 Å². The van der Waals surface area contributed by atoms with Gasteiger partial charge in [-0.3, -0.25) is 4.79 Å². The second-order valence-corrected chi connectivity index (χ2v) is 4.05. The first-order valence-corrected chi connectivity index (χ1v) is 5.71. The molecule has 0 bridgehead atoms. The highest BCUT2D eigenvalue weighted by atomic mass is 16.6. The third-order valence-corrected chi connectivity index (χ3v) is 3.03. The summed E-state index contributed by atoms with van der Waals surface area (Å²) in [5, 5.41) is 0. The lowest BCUT2D eigenvalue weighted by Gasteiger charge is -2.35. The third-order valence-electron chi connectivity index (χ3n) is 3.03. The Kier molecular flexibility index (Phi) is 4.58. The number of likely N-dealkylation sites (tertiary alicyclic amines) is 1. The number of carbonyl (C=O) groups excluding carboxylic acids is 2. The average Bonchev–Trinajstić information content (AvgIpc) is 2.28. The minimum absolute atomic E-state index is 0.0783. The molecule has 0 saturated carbocycles. The van der Waals surface area contributed by atoms with Gasteiger partial charge in [-0.05, 0) is 19.8 Å². The smallest absolute Gasteiger partial charge is 0.409 e. The van der Waals surface area contributed by atoms with E-state index in [1.165, 1.54) is 0 Å². The molecule has 1 saturated heterocycles. The van der Waals surface area contributed by atoms with Crippen LogP contribution in [-0.4, -0.2) is 54.6 Å². The van der Waals surface area contributed by atoms with Gasteiger partial charge in [0.2, 0.25) is 5.91 Å². The van der Waals surface area contributed by atoms with E-state index in [0.29, 0.717) is 19.7 Å². The highest BCUT2D eigenvalue weighted by Gasteiger charge is 2.26. The van der Waals surface area contributed by atoms with E-state index in [4.69, 9.17) is 4.74 Å². The van der Waals surface area contributed by atoms with Crippen molar-refractivity contribution in [3.05, 3.63) is 0 Å². The topological polar surface area (TPSA) is 49.9 Å². The molecule has 1 rings (SSSR count). The predicted octanol–water partition coefficient (Wildman–Crippen LogP) is 1.09. The number of hydrogen-bond donors (Lipinski definition) is 0. The van der Waals surface area contributed by atoms with E-state index in [0.717, 1.165) is 12.8 Å². The number of hydrogen-bond acceptors (Lipinski definition) is 3. The van der Waals surface area contributed by atoms with Gasteiger partial charge in [0.05, 0.1) is 6.61 Å². The third kappa shape index (κ3) is 3.12. The molecule has 1 fully saturated rings. The van der Waals surface area contributed by atoms with E-state index < -0.39 is 0 Å². The second-order valence-electron chi connectivity index (χ2n) is 4.05. The monoisotopic (exact) mass is 228 g/mol. The molecule has 92 valence electrons. The van der Waals surface area contributed by atoms with Crippen molar-refractivity contribution in [2.45, 2.75) is 32.7 Å². The molecular weight excluding hydrogens is 208 g/mol. The summed E-state index contributed by atoms with van der Waals surface area (Å²) in [5.41, 5.74) is 0. The van der Waals surface area contributed by atoms with Crippen molar-refractivity contribution in [3.8, 4) is 0 Å². The second kappa shape index (κ2) is 5.72. The van der Waals surface area contributed by atoms with E-state index in [1.807, 2.05) is 7.05 Å². The SMILES string of the molecule is CCOC(=O)N1CCC(N(C)C(C)=O)CC1. The summed E-state index contributed by atoms with van der Waals surface area (Å²) in [6.07, 6.45) is 1.41. The lowest BCUT2D eigenvalue weighted by Crippen LogP contribution is -2.46. The minimum atomic E-state index is -0.244. The van der Waals surface area contributed by atoms with E-state index >= 15 is 0 Å². The molecule has 5 nitrogen and oxygen atoms in total. The van der Waals surface area contributed by atoms with E-state index in [1.54, 1.807) is 23.6 Å². The van der Waals surface area contributed by atoms with Gasteiger partial charge in [-0.1, -0.05) is 0 Å². The Balaban J connectivity index is 2.39. The highest BCUT2D eigenvalue weighted by Crippen LogP contribution is 2.16. The Morgan fingerprint density at radius 3 is 2.38 bits per heavy atom. The van der Waals surface area contributed by atoms with Crippen LogP contribution in [-0.2, 0) is 9.53 Å². The van der Waals surface area contributed by atoms with Crippen molar-refractivity contribution < 1.29 is 14.3 Å². The van der Waals surface area contributed by atoms with Crippen LogP contribution in [0.4, 0.5) is 4.79 Å². The Morgan fingerprint density at radius 1 is 1.38 bits per heavy atom. The summed E-state index contributed by atoms with van der Waals surface area (Å²) in [7, 11) is 1.81. The largest absolute Gasteiger partial charge is 0.450 e. The van der Waals surface area contributed by atoms with Crippen molar-refractivity contribution in [2.24, 2.45) is 0 Å². The van der Waals surface area contributed by atoms with Crippen LogP contribution in [0.1, 0.15) is 26.7 Å². The number of amides is 2. The lowest BCUT2D eigenvalue weighted by molar-refractivity contribution is -0.130. The summed E-state index contributed by atoms with van der Waals surface area (Å²) in [6, 6.07) is 0.253. The van der Waals surface area contributed by atoms with E-state index in [2.05, 4.69) is 0 Å². The van der Waals surface area contributed by atoms with E-state index in [-0.39, 0.29) is 18.0 Å². The first kappa shape index (κ1) is 12.8. The fraction of sp³-hybridized carbons (Fsp3) is 0.818. The van der Waals surface area contributed by atoms with Crippen LogP contribution in [0.25, 0.3) is 0 Å². The summed E-state index contributed by atoms with van der Waals surface area (Å²) in [4.78, 5) is 26.1. The normalized spacial score (nSPS) is 17.1. The molecule has 0 N–H and O–H groups in total.